The van der Waals surface area contributed by atoms with Crippen LogP contribution in [0.15, 0.2) is 41.0 Å². The van der Waals surface area contributed by atoms with E-state index < -0.39 is 0 Å². The maximum atomic E-state index is 12.1. The van der Waals surface area contributed by atoms with Crippen LogP contribution in [0.3, 0.4) is 0 Å². The monoisotopic (exact) mass is 317 g/mol. The average molecular weight is 317 g/mol. The van der Waals surface area contributed by atoms with Gasteiger partial charge in [0.1, 0.15) is 5.76 Å². The van der Waals surface area contributed by atoms with Crippen molar-refractivity contribution in [1.82, 2.24) is 5.32 Å². The van der Waals surface area contributed by atoms with Gasteiger partial charge in [0.2, 0.25) is 5.91 Å². The number of carbonyl (C=O) groups excluding carboxylic acids is 2. The molecule has 0 aliphatic rings. The number of benzene rings is 1. The number of amides is 1. The Morgan fingerprint density at radius 1 is 1.26 bits per heavy atom. The standard InChI is InChI=1S/C17H19NO5/c1-2-22-16-10-12(5-6-15(16)20)14(19)7-8-17(21)18-11-13-4-3-9-23-13/h3-6,9-10,20H,2,7-8,11H2,1H3,(H,18,21). The van der Waals surface area contributed by atoms with Crippen molar-refractivity contribution in [3.63, 3.8) is 0 Å². The van der Waals surface area contributed by atoms with Gasteiger partial charge >= 0.3 is 0 Å². The molecule has 23 heavy (non-hydrogen) atoms. The van der Waals surface area contributed by atoms with E-state index in [0.29, 0.717) is 24.5 Å². The number of aromatic hydroxyl groups is 1. The number of hydrogen-bond acceptors (Lipinski definition) is 5. The van der Waals surface area contributed by atoms with Crippen LogP contribution in [-0.2, 0) is 11.3 Å². The SMILES string of the molecule is CCOc1cc(C(=O)CCC(=O)NCc2ccco2)ccc1O. The first-order chi connectivity index (χ1) is 11.1. The third kappa shape index (κ3) is 4.88. The number of rotatable bonds is 8. The largest absolute Gasteiger partial charge is 0.504 e. The molecular formula is C17H19NO5. The number of carbonyl (C=O) groups is 2. The molecule has 2 aromatic rings. The minimum atomic E-state index is -0.224. The molecule has 2 N–H and O–H groups in total. The van der Waals surface area contributed by atoms with Crippen molar-refractivity contribution in [1.29, 1.82) is 0 Å². The van der Waals surface area contributed by atoms with E-state index in [1.807, 2.05) is 0 Å². The summed E-state index contributed by atoms with van der Waals surface area (Å²) in [4.78, 5) is 23.8. The zero-order chi connectivity index (χ0) is 16.7. The second-order valence-electron chi connectivity index (χ2n) is 4.89. The van der Waals surface area contributed by atoms with Gasteiger partial charge in [-0.3, -0.25) is 9.59 Å². The zero-order valence-electron chi connectivity index (χ0n) is 12.9. The highest BCUT2D eigenvalue weighted by atomic mass is 16.5. The maximum Gasteiger partial charge on any atom is 0.220 e. The summed E-state index contributed by atoms with van der Waals surface area (Å²) < 4.78 is 10.3. The number of Topliss-reactive ketones (excluding diaryl/α,β-unsaturated/α-hetero) is 1. The van der Waals surface area contributed by atoms with E-state index in [1.54, 1.807) is 19.1 Å². The van der Waals surface area contributed by atoms with E-state index in [0.717, 1.165) is 0 Å². The summed E-state index contributed by atoms with van der Waals surface area (Å²) in [6.45, 7) is 2.48. The van der Waals surface area contributed by atoms with E-state index in [1.165, 1.54) is 24.5 Å². The summed E-state index contributed by atoms with van der Waals surface area (Å²) >= 11 is 0. The molecule has 6 nitrogen and oxygen atoms in total. The van der Waals surface area contributed by atoms with Crippen molar-refractivity contribution in [3.05, 3.63) is 47.9 Å². The molecule has 1 aromatic carbocycles. The smallest absolute Gasteiger partial charge is 0.220 e. The minimum Gasteiger partial charge on any atom is -0.504 e. The molecule has 0 saturated carbocycles. The van der Waals surface area contributed by atoms with E-state index in [4.69, 9.17) is 9.15 Å². The normalized spacial score (nSPS) is 10.3. The molecule has 122 valence electrons. The summed E-state index contributed by atoms with van der Waals surface area (Å²) in [6.07, 6.45) is 1.70. The first-order valence-corrected chi connectivity index (χ1v) is 7.38. The highest BCUT2D eigenvalue weighted by molar-refractivity contribution is 5.98. The average Bonchev–Trinajstić information content (AvgIpc) is 3.06. The Hall–Kier alpha value is -2.76. The van der Waals surface area contributed by atoms with Crippen LogP contribution in [0.4, 0.5) is 0 Å². The number of phenolic OH excluding ortho intramolecular Hbond substituents is 1. The molecule has 0 bridgehead atoms. The van der Waals surface area contributed by atoms with Crippen LogP contribution in [0.1, 0.15) is 35.9 Å². The van der Waals surface area contributed by atoms with Crippen molar-refractivity contribution >= 4 is 11.7 Å². The van der Waals surface area contributed by atoms with Crippen LogP contribution < -0.4 is 10.1 Å². The lowest BCUT2D eigenvalue weighted by Gasteiger charge is -2.08. The molecule has 0 spiro atoms. The molecule has 0 saturated heterocycles. The Kier molecular flexibility index (Phi) is 5.80. The number of furan rings is 1. The fourth-order valence-electron chi connectivity index (χ4n) is 2.02. The van der Waals surface area contributed by atoms with Crippen LogP contribution in [0, 0.1) is 0 Å². The van der Waals surface area contributed by atoms with Gasteiger partial charge < -0.3 is 19.6 Å². The summed E-state index contributed by atoms with van der Waals surface area (Å²) in [5, 5.41) is 12.3. The molecule has 0 aliphatic heterocycles. The molecule has 6 heteroatoms. The Labute approximate surface area is 134 Å². The Morgan fingerprint density at radius 3 is 2.78 bits per heavy atom. The van der Waals surface area contributed by atoms with E-state index in [9.17, 15) is 14.7 Å². The number of phenols is 1. The molecule has 1 amide bonds. The maximum absolute atomic E-state index is 12.1. The molecule has 0 unspecified atom stereocenters. The highest BCUT2D eigenvalue weighted by Gasteiger charge is 2.12. The van der Waals surface area contributed by atoms with Crippen molar-refractivity contribution in [2.45, 2.75) is 26.3 Å². The highest BCUT2D eigenvalue weighted by Crippen LogP contribution is 2.27. The molecular weight excluding hydrogens is 298 g/mol. The van der Waals surface area contributed by atoms with Gasteiger partial charge in [0, 0.05) is 18.4 Å². The van der Waals surface area contributed by atoms with Crippen LogP contribution in [0.2, 0.25) is 0 Å². The summed E-state index contributed by atoms with van der Waals surface area (Å²) in [6, 6.07) is 7.92. The van der Waals surface area contributed by atoms with Gasteiger partial charge in [-0.25, -0.2) is 0 Å². The van der Waals surface area contributed by atoms with E-state index >= 15 is 0 Å². The second kappa shape index (κ2) is 8.03. The topological polar surface area (TPSA) is 88.8 Å². The van der Waals surface area contributed by atoms with Crippen molar-refractivity contribution in [2.24, 2.45) is 0 Å². The lowest BCUT2D eigenvalue weighted by Crippen LogP contribution is -2.23. The van der Waals surface area contributed by atoms with E-state index in [2.05, 4.69) is 5.32 Å². The number of ketones is 1. The number of nitrogens with one attached hydrogen (secondary N) is 1. The Balaban J connectivity index is 1.84. The number of ether oxygens (including phenoxy) is 1. The Morgan fingerprint density at radius 2 is 2.09 bits per heavy atom. The number of hydrogen-bond donors (Lipinski definition) is 2. The molecule has 0 aliphatic carbocycles. The molecule has 1 aromatic heterocycles. The van der Waals surface area contributed by atoms with Crippen molar-refractivity contribution in [2.75, 3.05) is 6.61 Å². The van der Waals surface area contributed by atoms with Gasteiger partial charge in [0.05, 0.1) is 19.4 Å². The minimum absolute atomic E-state index is 0.0143. The first-order valence-electron chi connectivity index (χ1n) is 7.38. The van der Waals surface area contributed by atoms with Gasteiger partial charge in [0.15, 0.2) is 17.3 Å². The first kappa shape index (κ1) is 16.6. The zero-order valence-corrected chi connectivity index (χ0v) is 12.9. The van der Waals surface area contributed by atoms with E-state index in [-0.39, 0.29) is 36.0 Å². The van der Waals surface area contributed by atoms with Gasteiger partial charge in [0.25, 0.3) is 0 Å². The molecule has 0 radical (unpaired) electrons. The lowest BCUT2D eigenvalue weighted by atomic mass is 10.1. The van der Waals surface area contributed by atoms with Crippen LogP contribution in [-0.4, -0.2) is 23.4 Å². The van der Waals surface area contributed by atoms with Gasteiger partial charge in [-0.05, 0) is 37.3 Å². The van der Waals surface area contributed by atoms with Crippen LogP contribution in [0.5, 0.6) is 11.5 Å². The lowest BCUT2D eigenvalue weighted by molar-refractivity contribution is -0.121. The fraction of sp³-hybridized carbons (Fsp3) is 0.294. The summed E-state index contributed by atoms with van der Waals surface area (Å²) in [5.41, 5.74) is 0.407. The van der Waals surface area contributed by atoms with Crippen molar-refractivity contribution < 1.29 is 23.8 Å². The third-order valence-electron chi connectivity index (χ3n) is 3.20. The molecule has 2 rings (SSSR count). The quantitative estimate of drug-likeness (QED) is 0.731. The summed E-state index contributed by atoms with van der Waals surface area (Å²) in [5.74, 6) is 0.502. The van der Waals surface area contributed by atoms with Gasteiger partial charge in [-0.2, -0.15) is 0 Å². The van der Waals surface area contributed by atoms with Gasteiger partial charge in [-0.1, -0.05) is 0 Å². The Bertz CT molecular complexity index is 664. The fourth-order valence-corrected chi connectivity index (χ4v) is 2.02. The molecule has 0 atom stereocenters. The van der Waals surface area contributed by atoms with Crippen LogP contribution >= 0.6 is 0 Å². The van der Waals surface area contributed by atoms with Gasteiger partial charge in [-0.15, -0.1) is 0 Å². The third-order valence-corrected chi connectivity index (χ3v) is 3.20. The van der Waals surface area contributed by atoms with Crippen LogP contribution in [0.25, 0.3) is 0 Å². The van der Waals surface area contributed by atoms with Crippen molar-refractivity contribution in [3.8, 4) is 11.5 Å². The summed E-state index contributed by atoms with van der Waals surface area (Å²) in [7, 11) is 0. The molecule has 1 heterocycles. The predicted molar refractivity (Wildman–Crippen MR) is 83.4 cm³/mol. The molecule has 0 fully saturated rings. The predicted octanol–water partition coefficient (Wildman–Crippen LogP) is 2.66. The second-order valence-corrected chi connectivity index (χ2v) is 4.89.